The number of likely N-dealkylation sites (tertiary alicyclic amines) is 1. The van der Waals surface area contributed by atoms with Gasteiger partial charge in [-0.15, -0.1) is 11.3 Å². The summed E-state index contributed by atoms with van der Waals surface area (Å²) in [7, 11) is 1.47. The number of ketones is 1. The molecule has 2 N–H and O–H groups in total. The Bertz CT molecular complexity index is 1680. The molecule has 9 nitrogen and oxygen atoms in total. The van der Waals surface area contributed by atoms with Crippen LogP contribution in [0.4, 0.5) is 13.2 Å². The fraction of sp³-hybridized carbons (Fsp3) is 0.333. The molecule has 0 atom stereocenters. The summed E-state index contributed by atoms with van der Waals surface area (Å²) in [5.41, 5.74) is 0.855. The molecular weight excluding hydrogens is 587 g/mol. The highest BCUT2D eigenvalue weighted by Crippen LogP contribution is 2.39. The lowest BCUT2D eigenvalue weighted by molar-refractivity contribution is -0.192. The second-order valence-corrected chi connectivity index (χ2v) is 10.8. The first-order valence-electron chi connectivity index (χ1n) is 13.5. The number of carboxylic acid groups (broad SMARTS) is 1. The maximum Gasteiger partial charge on any atom is 0.490 e. The number of rotatable bonds is 8. The third-order valence-corrected chi connectivity index (χ3v) is 8.18. The number of thiophene rings is 1. The molecule has 228 valence electrons. The zero-order valence-corrected chi connectivity index (χ0v) is 24.1. The summed E-state index contributed by atoms with van der Waals surface area (Å²) in [6.07, 6.45) is -1.42. The van der Waals surface area contributed by atoms with E-state index >= 15 is 0 Å². The second-order valence-electron chi connectivity index (χ2n) is 9.83. The number of carbonyl (C=O) groups is 3. The molecule has 3 heterocycles. The average molecular weight is 618 g/mol. The van der Waals surface area contributed by atoms with Gasteiger partial charge in [-0.05, 0) is 32.0 Å². The van der Waals surface area contributed by atoms with Crippen molar-refractivity contribution in [2.75, 3.05) is 33.3 Å². The minimum Gasteiger partial charge on any atom is -0.494 e. The molecule has 13 heteroatoms. The Kier molecular flexibility index (Phi) is 10.2. The number of piperidine rings is 1. The molecule has 0 radical (unpaired) electrons. The molecule has 2 aromatic carbocycles. The second kappa shape index (κ2) is 13.8. The Labute approximate surface area is 248 Å². The number of aromatic nitrogens is 1. The van der Waals surface area contributed by atoms with Crippen molar-refractivity contribution in [2.45, 2.75) is 32.0 Å². The van der Waals surface area contributed by atoms with Gasteiger partial charge in [0.1, 0.15) is 10.3 Å². The molecule has 1 saturated heterocycles. The lowest BCUT2D eigenvalue weighted by Gasteiger charge is -2.26. The largest absolute Gasteiger partial charge is 0.494 e. The van der Waals surface area contributed by atoms with Crippen LogP contribution in [0, 0.1) is 0 Å². The number of ether oxygens (including phenoxy) is 1. The lowest BCUT2D eigenvalue weighted by atomic mass is 10.1. The smallest absolute Gasteiger partial charge is 0.490 e. The summed E-state index contributed by atoms with van der Waals surface area (Å²) in [5, 5.41) is 11.3. The number of carbonyl (C=O) groups excluding carboxylic acids is 2. The summed E-state index contributed by atoms with van der Waals surface area (Å²) in [6, 6.07) is 16.4. The van der Waals surface area contributed by atoms with Crippen LogP contribution in [-0.4, -0.2) is 71.7 Å². The van der Waals surface area contributed by atoms with Gasteiger partial charge in [-0.1, -0.05) is 55.0 Å². The van der Waals surface area contributed by atoms with Gasteiger partial charge in [0.05, 0.1) is 23.9 Å². The van der Waals surface area contributed by atoms with Gasteiger partial charge in [0.15, 0.2) is 11.5 Å². The number of nitrogens with one attached hydrogen (secondary N) is 1. The van der Waals surface area contributed by atoms with Crippen molar-refractivity contribution in [1.82, 2.24) is 14.8 Å². The van der Waals surface area contributed by atoms with Gasteiger partial charge < -0.3 is 20.1 Å². The molecule has 4 aromatic rings. The Morgan fingerprint density at radius 3 is 2.26 bits per heavy atom. The molecular formula is C30H30F3N3O6S. The summed E-state index contributed by atoms with van der Waals surface area (Å²) in [4.78, 5) is 51.6. The van der Waals surface area contributed by atoms with Crippen LogP contribution >= 0.6 is 11.3 Å². The zero-order chi connectivity index (χ0) is 31.1. The Hall–Kier alpha value is -4.23. The van der Waals surface area contributed by atoms with Crippen molar-refractivity contribution in [3.8, 4) is 5.75 Å². The van der Waals surface area contributed by atoms with Crippen LogP contribution in [0.25, 0.3) is 21.0 Å². The SMILES string of the molecule is COc1c(C(=O)NCCN2CCCCC2)sc2c1c(=O)n(CC(=O)c1ccccc1)c1ccccc21.O=C(O)C(F)(F)F. The van der Waals surface area contributed by atoms with Crippen LogP contribution < -0.4 is 15.6 Å². The first kappa shape index (κ1) is 31.7. The van der Waals surface area contributed by atoms with Gasteiger partial charge in [0.2, 0.25) is 0 Å². The fourth-order valence-electron chi connectivity index (χ4n) is 4.90. The molecule has 1 amide bonds. The van der Waals surface area contributed by atoms with E-state index < -0.39 is 12.1 Å². The van der Waals surface area contributed by atoms with E-state index in [4.69, 9.17) is 14.6 Å². The van der Waals surface area contributed by atoms with Crippen molar-refractivity contribution in [3.63, 3.8) is 0 Å². The average Bonchev–Trinajstić information content (AvgIpc) is 3.40. The number of hydrogen-bond acceptors (Lipinski definition) is 7. The molecule has 2 aromatic heterocycles. The number of benzene rings is 2. The predicted octanol–water partition coefficient (Wildman–Crippen LogP) is 4.96. The van der Waals surface area contributed by atoms with Crippen molar-refractivity contribution in [2.24, 2.45) is 0 Å². The standard InChI is InChI=1S/C28H29N3O4S.C2HF3O2/c1-35-24-23-25(36-26(24)27(33)29-14-17-30-15-8-3-9-16-30)20-12-6-7-13-21(20)31(28(23)34)18-22(32)19-10-4-2-5-11-19;3-2(4,5)1(6)7/h2,4-7,10-13H,3,8-9,14-18H2,1H3,(H,29,33);(H,6,7). The first-order valence-corrected chi connectivity index (χ1v) is 14.4. The molecule has 0 aliphatic carbocycles. The number of aliphatic carboxylic acids is 1. The number of Topliss-reactive ketones (excluding diaryl/α,β-unsaturated/α-hetero) is 1. The fourth-order valence-corrected chi connectivity index (χ4v) is 6.11. The summed E-state index contributed by atoms with van der Waals surface area (Å²) in [5.74, 6) is -2.90. The van der Waals surface area contributed by atoms with Crippen molar-refractivity contribution in [3.05, 3.63) is 75.4 Å². The minimum absolute atomic E-state index is 0.102. The van der Waals surface area contributed by atoms with Gasteiger partial charge in [-0.25, -0.2) is 4.79 Å². The Morgan fingerprint density at radius 1 is 1.00 bits per heavy atom. The maximum atomic E-state index is 13.7. The molecule has 1 aliphatic heterocycles. The highest BCUT2D eigenvalue weighted by molar-refractivity contribution is 7.22. The molecule has 5 rings (SSSR count). The van der Waals surface area contributed by atoms with E-state index in [2.05, 4.69) is 10.2 Å². The van der Waals surface area contributed by atoms with E-state index in [-0.39, 0.29) is 29.5 Å². The number of pyridine rings is 1. The van der Waals surface area contributed by atoms with Crippen molar-refractivity contribution in [1.29, 1.82) is 0 Å². The number of para-hydroxylation sites is 1. The molecule has 43 heavy (non-hydrogen) atoms. The number of halogens is 3. The monoisotopic (exact) mass is 617 g/mol. The van der Waals surface area contributed by atoms with E-state index in [0.29, 0.717) is 32.6 Å². The first-order chi connectivity index (χ1) is 20.5. The van der Waals surface area contributed by atoms with Crippen LogP contribution in [0.5, 0.6) is 5.75 Å². The number of amides is 1. The van der Waals surface area contributed by atoms with Crippen molar-refractivity contribution >= 4 is 50.0 Å². The van der Waals surface area contributed by atoms with Gasteiger partial charge in [0, 0.05) is 24.0 Å². The van der Waals surface area contributed by atoms with Crippen LogP contribution in [0.3, 0.4) is 0 Å². The zero-order valence-electron chi connectivity index (χ0n) is 23.3. The number of nitrogens with zero attached hydrogens (tertiary/aromatic N) is 2. The predicted molar refractivity (Wildman–Crippen MR) is 157 cm³/mol. The Balaban J connectivity index is 0.000000541. The third kappa shape index (κ3) is 7.41. The van der Waals surface area contributed by atoms with E-state index in [1.54, 1.807) is 24.3 Å². The molecule has 1 aliphatic rings. The number of hydrogen-bond donors (Lipinski definition) is 2. The summed E-state index contributed by atoms with van der Waals surface area (Å²) >= 11 is 1.26. The highest BCUT2D eigenvalue weighted by Gasteiger charge is 2.38. The van der Waals surface area contributed by atoms with Gasteiger partial charge in [0.25, 0.3) is 11.5 Å². The molecule has 0 unspecified atom stereocenters. The van der Waals surface area contributed by atoms with E-state index in [9.17, 15) is 27.6 Å². The summed E-state index contributed by atoms with van der Waals surface area (Å²) in [6.45, 7) is 3.36. The maximum absolute atomic E-state index is 13.7. The van der Waals surface area contributed by atoms with E-state index in [0.717, 1.165) is 25.0 Å². The normalized spacial score (nSPS) is 13.8. The van der Waals surface area contributed by atoms with Crippen LogP contribution in [0.1, 0.15) is 39.3 Å². The third-order valence-electron chi connectivity index (χ3n) is 6.98. The topological polar surface area (TPSA) is 118 Å². The van der Waals surface area contributed by atoms with Crippen LogP contribution in [0.2, 0.25) is 0 Å². The highest BCUT2D eigenvalue weighted by atomic mass is 32.1. The number of methoxy groups -OCH3 is 1. The molecule has 1 fully saturated rings. The van der Waals surface area contributed by atoms with E-state index in [1.165, 1.54) is 42.3 Å². The summed E-state index contributed by atoms with van der Waals surface area (Å²) < 4.78 is 39.5. The quantitative estimate of drug-likeness (QED) is 0.269. The molecule has 0 bridgehead atoms. The molecule has 0 spiro atoms. The minimum atomic E-state index is -5.08. The van der Waals surface area contributed by atoms with Gasteiger partial charge >= 0.3 is 12.1 Å². The lowest BCUT2D eigenvalue weighted by Crippen LogP contribution is -2.37. The number of carboxylic acids is 1. The number of alkyl halides is 3. The van der Waals surface area contributed by atoms with Gasteiger partial charge in [-0.2, -0.15) is 13.2 Å². The van der Waals surface area contributed by atoms with E-state index in [1.807, 2.05) is 30.3 Å². The van der Waals surface area contributed by atoms with Crippen LogP contribution in [-0.2, 0) is 11.3 Å². The van der Waals surface area contributed by atoms with Gasteiger partial charge in [-0.3, -0.25) is 19.0 Å². The Morgan fingerprint density at radius 2 is 1.63 bits per heavy atom. The van der Waals surface area contributed by atoms with Crippen LogP contribution in [0.15, 0.2) is 59.4 Å². The molecule has 0 saturated carbocycles. The number of fused-ring (bicyclic) bond motifs is 3. The van der Waals surface area contributed by atoms with Crippen molar-refractivity contribution < 1.29 is 37.4 Å².